The highest BCUT2D eigenvalue weighted by Crippen LogP contribution is 2.14. The van der Waals surface area contributed by atoms with Gasteiger partial charge in [-0.1, -0.05) is 30.7 Å². The van der Waals surface area contributed by atoms with Crippen molar-refractivity contribution in [3.05, 3.63) is 34.9 Å². The summed E-state index contributed by atoms with van der Waals surface area (Å²) in [7, 11) is 1.83. The summed E-state index contributed by atoms with van der Waals surface area (Å²) in [5.41, 5.74) is 9.43. The molecule has 2 unspecified atom stereocenters. The Bertz CT molecular complexity index is 427. The molecule has 0 aliphatic rings. The van der Waals surface area contributed by atoms with Crippen LogP contribution < -0.4 is 5.73 Å². The van der Waals surface area contributed by atoms with E-state index < -0.39 is 0 Å². The monoisotopic (exact) mass is 248 g/mol. The first kappa shape index (κ1) is 14.7. The summed E-state index contributed by atoms with van der Waals surface area (Å²) in [6.45, 7) is 8.54. The molecule has 2 atom stereocenters. The van der Waals surface area contributed by atoms with E-state index in [2.05, 4.69) is 32.0 Å². The molecule has 1 rings (SSSR count). The average molecular weight is 248 g/mol. The predicted molar refractivity (Wildman–Crippen MR) is 75.2 cm³/mol. The van der Waals surface area contributed by atoms with Gasteiger partial charge >= 0.3 is 0 Å². The summed E-state index contributed by atoms with van der Waals surface area (Å²) in [6, 6.07) is 6.20. The van der Waals surface area contributed by atoms with E-state index >= 15 is 0 Å². The number of hydrogen-bond acceptors (Lipinski definition) is 2. The molecule has 0 saturated carbocycles. The van der Waals surface area contributed by atoms with E-state index in [0.29, 0.717) is 6.54 Å². The summed E-state index contributed by atoms with van der Waals surface area (Å²) in [6.07, 6.45) is 0. The minimum Gasteiger partial charge on any atom is -0.341 e. The van der Waals surface area contributed by atoms with Gasteiger partial charge < -0.3 is 10.6 Å². The predicted octanol–water partition coefficient (Wildman–Crippen LogP) is 2.25. The molecule has 0 radical (unpaired) electrons. The summed E-state index contributed by atoms with van der Waals surface area (Å²) in [5.74, 6) is -0.0364. The van der Waals surface area contributed by atoms with Gasteiger partial charge in [0.2, 0.25) is 5.91 Å². The molecule has 3 heteroatoms. The average Bonchev–Trinajstić information content (AvgIpc) is 2.30. The van der Waals surface area contributed by atoms with Crippen LogP contribution in [0.25, 0.3) is 0 Å². The molecule has 0 fully saturated rings. The third-order valence-corrected chi connectivity index (χ3v) is 3.46. The number of carbonyl (C=O) groups excluding carboxylic acids is 1. The van der Waals surface area contributed by atoms with Crippen molar-refractivity contribution in [2.75, 3.05) is 7.05 Å². The zero-order valence-electron chi connectivity index (χ0n) is 12.0. The molecular formula is C15H24N2O. The standard InChI is InChI=1S/C15H24N2O/c1-10-6-7-14(11(2)8-10)9-17(5)15(18)12(3)13(4)16/h6-8,12-13H,9,16H2,1-5H3. The van der Waals surface area contributed by atoms with Gasteiger partial charge in [0.25, 0.3) is 0 Å². The molecule has 18 heavy (non-hydrogen) atoms. The van der Waals surface area contributed by atoms with Gasteiger partial charge in [-0.25, -0.2) is 0 Å². The van der Waals surface area contributed by atoms with Crippen molar-refractivity contribution in [3.8, 4) is 0 Å². The second-order valence-electron chi connectivity index (χ2n) is 5.27. The highest BCUT2D eigenvalue weighted by atomic mass is 16.2. The van der Waals surface area contributed by atoms with Crippen molar-refractivity contribution in [1.29, 1.82) is 0 Å². The second-order valence-corrected chi connectivity index (χ2v) is 5.27. The Balaban J connectivity index is 2.75. The molecule has 0 bridgehead atoms. The maximum atomic E-state index is 12.1. The fourth-order valence-electron chi connectivity index (χ4n) is 1.93. The van der Waals surface area contributed by atoms with Crippen LogP contribution in [0.15, 0.2) is 18.2 Å². The van der Waals surface area contributed by atoms with E-state index in [4.69, 9.17) is 5.73 Å². The molecule has 0 heterocycles. The van der Waals surface area contributed by atoms with Crippen LogP contribution in [0, 0.1) is 19.8 Å². The number of carbonyl (C=O) groups is 1. The lowest BCUT2D eigenvalue weighted by Gasteiger charge is -2.24. The SMILES string of the molecule is Cc1ccc(CN(C)C(=O)C(C)C(C)N)c(C)c1. The maximum Gasteiger partial charge on any atom is 0.226 e. The Morgan fingerprint density at radius 2 is 1.94 bits per heavy atom. The van der Waals surface area contributed by atoms with Crippen LogP contribution >= 0.6 is 0 Å². The molecule has 0 aliphatic heterocycles. The van der Waals surface area contributed by atoms with Gasteiger partial charge in [0.1, 0.15) is 0 Å². The van der Waals surface area contributed by atoms with Gasteiger partial charge in [-0.15, -0.1) is 0 Å². The molecule has 100 valence electrons. The van der Waals surface area contributed by atoms with Crippen LogP contribution in [-0.2, 0) is 11.3 Å². The molecular weight excluding hydrogens is 224 g/mol. The maximum absolute atomic E-state index is 12.1. The first-order valence-electron chi connectivity index (χ1n) is 6.39. The molecule has 0 saturated heterocycles. The number of nitrogens with zero attached hydrogens (tertiary/aromatic N) is 1. The number of amides is 1. The van der Waals surface area contributed by atoms with E-state index in [-0.39, 0.29) is 17.9 Å². The number of aryl methyl sites for hydroxylation is 2. The van der Waals surface area contributed by atoms with Crippen molar-refractivity contribution in [3.63, 3.8) is 0 Å². The van der Waals surface area contributed by atoms with Gasteiger partial charge in [0.05, 0.1) is 5.92 Å². The molecule has 0 aliphatic carbocycles. The van der Waals surface area contributed by atoms with Gasteiger partial charge in [-0.3, -0.25) is 4.79 Å². The van der Waals surface area contributed by atoms with Gasteiger partial charge in [0, 0.05) is 19.6 Å². The first-order valence-corrected chi connectivity index (χ1v) is 6.39. The lowest BCUT2D eigenvalue weighted by Crippen LogP contribution is -2.39. The first-order chi connectivity index (χ1) is 8.32. The van der Waals surface area contributed by atoms with Crippen molar-refractivity contribution in [2.24, 2.45) is 11.7 Å². The van der Waals surface area contributed by atoms with Crippen LogP contribution in [0.5, 0.6) is 0 Å². The molecule has 0 spiro atoms. The van der Waals surface area contributed by atoms with E-state index in [9.17, 15) is 4.79 Å². The molecule has 1 aromatic carbocycles. The molecule has 3 nitrogen and oxygen atoms in total. The topological polar surface area (TPSA) is 46.3 Å². The Morgan fingerprint density at radius 3 is 2.44 bits per heavy atom. The van der Waals surface area contributed by atoms with Crippen molar-refractivity contribution in [2.45, 2.75) is 40.3 Å². The normalized spacial score (nSPS) is 14.1. The summed E-state index contributed by atoms with van der Waals surface area (Å²) < 4.78 is 0. The van der Waals surface area contributed by atoms with Crippen molar-refractivity contribution >= 4 is 5.91 Å². The lowest BCUT2D eigenvalue weighted by atomic mass is 10.0. The van der Waals surface area contributed by atoms with E-state index in [1.807, 2.05) is 20.9 Å². The van der Waals surface area contributed by atoms with Crippen molar-refractivity contribution in [1.82, 2.24) is 4.90 Å². The van der Waals surface area contributed by atoms with Crippen molar-refractivity contribution < 1.29 is 4.79 Å². The Labute approximate surface area is 110 Å². The zero-order valence-corrected chi connectivity index (χ0v) is 12.0. The molecule has 0 aromatic heterocycles. The third kappa shape index (κ3) is 3.57. The van der Waals surface area contributed by atoms with Gasteiger partial charge in [0.15, 0.2) is 0 Å². The van der Waals surface area contributed by atoms with E-state index in [1.54, 1.807) is 4.90 Å². The minimum atomic E-state index is -0.138. The fraction of sp³-hybridized carbons (Fsp3) is 0.533. The second kappa shape index (κ2) is 6.01. The third-order valence-electron chi connectivity index (χ3n) is 3.46. The summed E-state index contributed by atoms with van der Waals surface area (Å²) >= 11 is 0. The quantitative estimate of drug-likeness (QED) is 0.888. The molecule has 1 amide bonds. The van der Waals surface area contributed by atoms with Crippen LogP contribution in [0.1, 0.15) is 30.5 Å². The largest absolute Gasteiger partial charge is 0.341 e. The highest BCUT2D eigenvalue weighted by molar-refractivity contribution is 5.78. The smallest absolute Gasteiger partial charge is 0.226 e. The zero-order chi connectivity index (χ0) is 13.9. The van der Waals surface area contributed by atoms with Crippen LogP contribution in [-0.4, -0.2) is 23.9 Å². The lowest BCUT2D eigenvalue weighted by molar-refractivity contribution is -0.134. The number of nitrogens with two attached hydrogens (primary N) is 1. The number of rotatable bonds is 4. The Morgan fingerprint density at radius 1 is 1.33 bits per heavy atom. The Kier molecular flexibility index (Phi) is 4.91. The van der Waals surface area contributed by atoms with Gasteiger partial charge in [-0.05, 0) is 31.9 Å². The number of hydrogen-bond donors (Lipinski definition) is 1. The minimum absolute atomic E-state index is 0.102. The van der Waals surface area contributed by atoms with Gasteiger partial charge in [-0.2, -0.15) is 0 Å². The highest BCUT2D eigenvalue weighted by Gasteiger charge is 2.21. The number of benzene rings is 1. The van der Waals surface area contributed by atoms with E-state index in [1.165, 1.54) is 16.7 Å². The summed E-state index contributed by atoms with van der Waals surface area (Å²) in [5, 5.41) is 0. The molecule has 1 aromatic rings. The Hall–Kier alpha value is -1.35. The summed E-state index contributed by atoms with van der Waals surface area (Å²) in [4.78, 5) is 13.9. The van der Waals surface area contributed by atoms with E-state index in [0.717, 1.165) is 0 Å². The van der Waals surface area contributed by atoms with Crippen LogP contribution in [0.4, 0.5) is 0 Å². The van der Waals surface area contributed by atoms with Crippen LogP contribution in [0.2, 0.25) is 0 Å². The molecule has 2 N–H and O–H groups in total. The fourth-order valence-corrected chi connectivity index (χ4v) is 1.93. The van der Waals surface area contributed by atoms with Crippen LogP contribution in [0.3, 0.4) is 0 Å².